The van der Waals surface area contributed by atoms with Crippen LogP contribution in [0.5, 0.6) is 0 Å². The molecule has 0 N–H and O–H groups in total. The molecule has 0 spiro atoms. The Balaban J connectivity index is 2.27. The van der Waals surface area contributed by atoms with E-state index in [0.29, 0.717) is 11.8 Å². The van der Waals surface area contributed by atoms with Crippen molar-refractivity contribution in [2.75, 3.05) is 12.3 Å². The quantitative estimate of drug-likeness (QED) is 0.475. The molecular formula is C5H9NO2S. The van der Waals surface area contributed by atoms with Crippen molar-refractivity contribution in [2.24, 2.45) is 0 Å². The van der Waals surface area contributed by atoms with Crippen LogP contribution < -0.4 is 0 Å². The first kappa shape index (κ1) is 5.68. The summed E-state index contributed by atoms with van der Waals surface area (Å²) in [5.41, 5.74) is 0. The van der Waals surface area contributed by atoms with Gasteiger partial charge in [-0.15, -0.1) is 0 Å². The van der Waals surface area contributed by atoms with Crippen molar-refractivity contribution in [1.29, 1.82) is 0 Å². The van der Waals surface area contributed by atoms with Gasteiger partial charge in [0.1, 0.15) is 0 Å². The number of rotatable bonds is 0. The van der Waals surface area contributed by atoms with Crippen molar-refractivity contribution in [2.45, 2.75) is 18.9 Å². The Labute approximate surface area is 54.7 Å². The smallest absolute Gasteiger partial charge is 0.212 e. The Morgan fingerprint density at radius 1 is 1.44 bits per heavy atom. The van der Waals surface area contributed by atoms with Crippen LogP contribution in [0.3, 0.4) is 0 Å². The van der Waals surface area contributed by atoms with Crippen molar-refractivity contribution >= 4 is 10.0 Å². The maximum Gasteiger partial charge on any atom is 0.215 e. The van der Waals surface area contributed by atoms with Crippen LogP contribution in [0.15, 0.2) is 0 Å². The number of sulfonamides is 1. The molecule has 0 amide bonds. The summed E-state index contributed by atoms with van der Waals surface area (Å²) in [6, 6.07) is 0.384. The van der Waals surface area contributed by atoms with Crippen LogP contribution in [0.4, 0.5) is 0 Å². The lowest BCUT2D eigenvalue weighted by Crippen LogP contribution is -2.52. The molecule has 1 unspecified atom stereocenters. The van der Waals surface area contributed by atoms with E-state index in [1.54, 1.807) is 4.31 Å². The van der Waals surface area contributed by atoms with Gasteiger partial charge in [0.2, 0.25) is 10.0 Å². The summed E-state index contributed by atoms with van der Waals surface area (Å²) in [6.07, 6.45) is 2.14. The highest BCUT2D eigenvalue weighted by molar-refractivity contribution is 7.90. The fourth-order valence-electron chi connectivity index (χ4n) is 1.60. The molecule has 0 aromatic rings. The number of hydrogen-bond acceptors (Lipinski definition) is 2. The Kier molecular flexibility index (Phi) is 0.941. The zero-order chi connectivity index (χ0) is 6.48. The van der Waals surface area contributed by atoms with Gasteiger partial charge in [0.25, 0.3) is 0 Å². The Hall–Kier alpha value is -0.0900. The number of nitrogens with zero attached hydrogens (tertiary/aromatic N) is 1. The fourth-order valence-corrected chi connectivity index (χ4v) is 3.40. The molecule has 0 bridgehead atoms. The predicted octanol–water partition coefficient (Wildman–Crippen LogP) is -0.206. The molecule has 9 heavy (non-hydrogen) atoms. The van der Waals surface area contributed by atoms with Gasteiger partial charge in [-0.1, -0.05) is 0 Å². The van der Waals surface area contributed by atoms with Crippen LogP contribution in [0.1, 0.15) is 12.8 Å². The summed E-state index contributed by atoms with van der Waals surface area (Å²) in [7, 11) is -2.73. The van der Waals surface area contributed by atoms with Gasteiger partial charge in [-0.2, -0.15) is 4.31 Å². The maximum atomic E-state index is 10.8. The second-order valence-electron chi connectivity index (χ2n) is 2.69. The van der Waals surface area contributed by atoms with Crippen molar-refractivity contribution in [3.05, 3.63) is 0 Å². The van der Waals surface area contributed by atoms with Gasteiger partial charge in [0, 0.05) is 12.6 Å². The van der Waals surface area contributed by atoms with Crippen molar-refractivity contribution in [3.63, 3.8) is 0 Å². The molecule has 0 aliphatic carbocycles. The van der Waals surface area contributed by atoms with E-state index >= 15 is 0 Å². The normalized spacial score (nSPS) is 39.8. The molecule has 4 heteroatoms. The SMILES string of the molecule is O=S1(=O)CC2CCCN21. The van der Waals surface area contributed by atoms with E-state index < -0.39 is 10.0 Å². The van der Waals surface area contributed by atoms with Gasteiger partial charge in [-0.05, 0) is 12.8 Å². The highest BCUT2D eigenvalue weighted by Gasteiger charge is 2.45. The average molecular weight is 147 g/mol. The summed E-state index contributed by atoms with van der Waals surface area (Å²) < 4.78 is 23.3. The first-order valence-corrected chi connectivity index (χ1v) is 4.80. The third kappa shape index (κ3) is 0.632. The third-order valence-electron chi connectivity index (χ3n) is 2.08. The first-order chi connectivity index (χ1) is 4.20. The summed E-state index contributed by atoms with van der Waals surface area (Å²) in [5, 5.41) is 0. The summed E-state index contributed by atoms with van der Waals surface area (Å²) in [6.45, 7) is 0.771. The minimum absolute atomic E-state index is 0.384. The topological polar surface area (TPSA) is 37.4 Å². The molecule has 2 aliphatic heterocycles. The summed E-state index contributed by atoms with van der Waals surface area (Å²) in [5.74, 6) is 0.410. The lowest BCUT2D eigenvalue weighted by molar-refractivity contribution is 0.355. The van der Waals surface area contributed by atoms with E-state index in [1.807, 2.05) is 0 Å². The van der Waals surface area contributed by atoms with Crippen LogP contribution in [0.25, 0.3) is 0 Å². The molecule has 0 aromatic heterocycles. The van der Waals surface area contributed by atoms with Crippen molar-refractivity contribution in [1.82, 2.24) is 4.31 Å². The van der Waals surface area contributed by atoms with E-state index in [9.17, 15) is 8.42 Å². The number of hydrogen-bond donors (Lipinski definition) is 0. The lowest BCUT2D eigenvalue weighted by atomic mass is 10.2. The van der Waals surface area contributed by atoms with Crippen LogP contribution in [0, 0.1) is 0 Å². The van der Waals surface area contributed by atoms with E-state index in [0.717, 1.165) is 19.4 Å². The molecule has 2 heterocycles. The molecule has 2 rings (SSSR count). The van der Waals surface area contributed by atoms with Gasteiger partial charge in [0.05, 0.1) is 5.75 Å². The van der Waals surface area contributed by atoms with E-state index in [1.165, 1.54) is 0 Å². The van der Waals surface area contributed by atoms with Crippen LogP contribution >= 0.6 is 0 Å². The first-order valence-electron chi connectivity index (χ1n) is 3.20. The summed E-state index contributed by atoms with van der Waals surface area (Å²) >= 11 is 0. The zero-order valence-electron chi connectivity index (χ0n) is 5.08. The minimum Gasteiger partial charge on any atom is -0.212 e. The predicted molar refractivity (Wildman–Crippen MR) is 33.5 cm³/mol. The molecule has 52 valence electrons. The molecule has 2 fully saturated rings. The molecule has 0 saturated carbocycles. The Bertz CT molecular complexity index is 221. The molecule has 3 nitrogen and oxygen atoms in total. The minimum atomic E-state index is -2.73. The third-order valence-corrected chi connectivity index (χ3v) is 4.08. The second-order valence-corrected chi connectivity index (χ2v) is 4.65. The van der Waals surface area contributed by atoms with Crippen molar-refractivity contribution in [3.8, 4) is 0 Å². The Morgan fingerprint density at radius 2 is 2.22 bits per heavy atom. The molecule has 0 radical (unpaired) electrons. The standard InChI is InChI=1S/C5H9NO2S/c7-9(8)4-5-2-1-3-6(5)9/h5H,1-4H2. The maximum absolute atomic E-state index is 10.8. The molecular weight excluding hydrogens is 138 g/mol. The molecule has 0 aromatic carbocycles. The fraction of sp³-hybridized carbons (Fsp3) is 1.00. The van der Waals surface area contributed by atoms with Crippen LogP contribution in [-0.2, 0) is 10.0 Å². The molecule has 2 aliphatic rings. The molecule has 2 saturated heterocycles. The average Bonchev–Trinajstić information content (AvgIpc) is 2.10. The second kappa shape index (κ2) is 1.49. The van der Waals surface area contributed by atoms with E-state index in [2.05, 4.69) is 0 Å². The van der Waals surface area contributed by atoms with Gasteiger partial charge >= 0.3 is 0 Å². The number of fused-ring (bicyclic) bond motifs is 1. The van der Waals surface area contributed by atoms with Crippen LogP contribution in [-0.4, -0.2) is 31.1 Å². The summed E-state index contributed by atoms with van der Waals surface area (Å²) in [4.78, 5) is 0. The van der Waals surface area contributed by atoms with E-state index in [4.69, 9.17) is 0 Å². The Morgan fingerprint density at radius 3 is 2.67 bits per heavy atom. The van der Waals surface area contributed by atoms with Gasteiger partial charge in [0.15, 0.2) is 0 Å². The lowest BCUT2D eigenvalue weighted by Gasteiger charge is -2.33. The highest BCUT2D eigenvalue weighted by atomic mass is 32.2. The van der Waals surface area contributed by atoms with Gasteiger partial charge in [-0.3, -0.25) is 0 Å². The molecule has 1 atom stereocenters. The largest absolute Gasteiger partial charge is 0.215 e. The van der Waals surface area contributed by atoms with E-state index in [-0.39, 0.29) is 0 Å². The van der Waals surface area contributed by atoms with Crippen LogP contribution in [0.2, 0.25) is 0 Å². The zero-order valence-corrected chi connectivity index (χ0v) is 5.89. The van der Waals surface area contributed by atoms with Gasteiger partial charge in [-0.25, -0.2) is 8.42 Å². The van der Waals surface area contributed by atoms with Crippen molar-refractivity contribution < 1.29 is 8.42 Å². The highest BCUT2D eigenvalue weighted by Crippen LogP contribution is 2.30. The van der Waals surface area contributed by atoms with Gasteiger partial charge < -0.3 is 0 Å². The monoisotopic (exact) mass is 147 g/mol.